The minimum absolute atomic E-state index is 0.200. The molecule has 0 rings (SSSR count). The lowest BCUT2D eigenvalue weighted by atomic mass is 10.1. The Hall–Kier alpha value is -1.14. The Kier molecular flexibility index (Phi) is 6.69. The van der Waals surface area contributed by atoms with Crippen LogP contribution in [0.4, 0.5) is 0 Å². The van der Waals surface area contributed by atoms with Gasteiger partial charge < -0.3 is 20.9 Å². The number of amides is 1. The van der Waals surface area contributed by atoms with Gasteiger partial charge in [0.1, 0.15) is 6.04 Å². The fourth-order valence-corrected chi connectivity index (χ4v) is 0.942. The number of nitrogens with one attached hydrogen (secondary N) is 1. The van der Waals surface area contributed by atoms with Crippen LogP contribution >= 0.6 is 0 Å². The fourth-order valence-electron chi connectivity index (χ4n) is 0.942. The summed E-state index contributed by atoms with van der Waals surface area (Å²) in [5, 5.41) is 11.0. The van der Waals surface area contributed by atoms with Gasteiger partial charge in [-0.3, -0.25) is 4.79 Å². The molecule has 0 aromatic heterocycles. The lowest BCUT2D eigenvalue weighted by Gasteiger charge is -2.13. The van der Waals surface area contributed by atoms with Crippen LogP contribution in [0.3, 0.4) is 0 Å². The van der Waals surface area contributed by atoms with Crippen molar-refractivity contribution in [2.45, 2.75) is 18.9 Å². The van der Waals surface area contributed by atoms with E-state index in [0.29, 0.717) is 19.4 Å². The van der Waals surface area contributed by atoms with E-state index in [0.717, 1.165) is 0 Å². The number of hydrogen-bond acceptors (Lipinski definition) is 4. The molecule has 0 aliphatic carbocycles. The SMILES string of the molecule is COCCCC(NC(=O)CN)C(=O)O. The first-order valence-corrected chi connectivity index (χ1v) is 4.33. The van der Waals surface area contributed by atoms with Gasteiger partial charge in [0.25, 0.3) is 0 Å². The van der Waals surface area contributed by atoms with Crippen LogP contribution in [0.15, 0.2) is 0 Å². The highest BCUT2D eigenvalue weighted by Crippen LogP contribution is 1.97. The second kappa shape index (κ2) is 7.28. The van der Waals surface area contributed by atoms with Crippen molar-refractivity contribution in [2.24, 2.45) is 5.73 Å². The van der Waals surface area contributed by atoms with Gasteiger partial charge in [0.05, 0.1) is 6.54 Å². The molecule has 1 amide bonds. The van der Waals surface area contributed by atoms with Crippen molar-refractivity contribution in [3.8, 4) is 0 Å². The first kappa shape index (κ1) is 12.9. The summed E-state index contributed by atoms with van der Waals surface area (Å²) >= 11 is 0. The van der Waals surface area contributed by atoms with E-state index >= 15 is 0 Å². The zero-order valence-corrected chi connectivity index (χ0v) is 8.16. The van der Waals surface area contributed by atoms with Crippen LogP contribution in [0.1, 0.15) is 12.8 Å². The van der Waals surface area contributed by atoms with E-state index < -0.39 is 17.9 Å². The zero-order valence-electron chi connectivity index (χ0n) is 8.16. The summed E-state index contributed by atoms with van der Waals surface area (Å²) < 4.78 is 4.77. The van der Waals surface area contributed by atoms with E-state index in [4.69, 9.17) is 15.6 Å². The standard InChI is InChI=1S/C8H16N2O4/c1-14-4-2-3-6(8(12)13)10-7(11)5-9/h6H,2-5,9H2,1H3,(H,10,11)(H,12,13). The Morgan fingerprint density at radius 1 is 1.57 bits per heavy atom. The highest BCUT2D eigenvalue weighted by atomic mass is 16.5. The van der Waals surface area contributed by atoms with Crippen molar-refractivity contribution in [1.82, 2.24) is 5.32 Å². The van der Waals surface area contributed by atoms with Crippen molar-refractivity contribution >= 4 is 11.9 Å². The van der Waals surface area contributed by atoms with Crippen LogP contribution in [-0.4, -0.2) is 43.3 Å². The average molecular weight is 204 g/mol. The highest BCUT2D eigenvalue weighted by molar-refractivity contribution is 5.84. The van der Waals surface area contributed by atoms with Crippen LogP contribution in [0.2, 0.25) is 0 Å². The predicted molar refractivity (Wildman–Crippen MR) is 49.7 cm³/mol. The minimum atomic E-state index is -1.05. The number of hydrogen-bond donors (Lipinski definition) is 3. The summed E-state index contributed by atoms with van der Waals surface area (Å²) in [5.74, 6) is -1.52. The molecule has 0 aromatic carbocycles. The number of carbonyl (C=O) groups excluding carboxylic acids is 1. The van der Waals surface area contributed by atoms with Crippen LogP contribution in [-0.2, 0) is 14.3 Å². The second-order valence-electron chi connectivity index (χ2n) is 2.80. The van der Waals surface area contributed by atoms with Gasteiger partial charge in [-0.1, -0.05) is 0 Å². The maximum atomic E-state index is 10.8. The fraction of sp³-hybridized carbons (Fsp3) is 0.750. The summed E-state index contributed by atoms with van der Waals surface area (Å²) in [6.07, 6.45) is 0.924. The molecule has 0 bridgehead atoms. The molecule has 0 aliphatic rings. The van der Waals surface area contributed by atoms with Gasteiger partial charge in [-0.2, -0.15) is 0 Å². The van der Waals surface area contributed by atoms with Crippen molar-refractivity contribution in [3.63, 3.8) is 0 Å². The molecular weight excluding hydrogens is 188 g/mol. The van der Waals surface area contributed by atoms with Gasteiger partial charge in [0, 0.05) is 13.7 Å². The summed E-state index contributed by atoms with van der Waals surface area (Å²) in [4.78, 5) is 21.5. The zero-order chi connectivity index (χ0) is 11.0. The average Bonchev–Trinajstić information content (AvgIpc) is 2.16. The lowest BCUT2D eigenvalue weighted by Crippen LogP contribution is -2.43. The first-order valence-electron chi connectivity index (χ1n) is 4.33. The first-order chi connectivity index (χ1) is 6.61. The highest BCUT2D eigenvalue weighted by Gasteiger charge is 2.18. The molecule has 0 aliphatic heterocycles. The van der Waals surface area contributed by atoms with E-state index in [1.807, 2.05) is 0 Å². The Balaban J connectivity index is 3.90. The Bertz CT molecular complexity index is 196. The Labute approximate surface area is 82.4 Å². The van der Waals surface area contributed by atoms with Crippen LogP contribution in [0.5, 0.6) is 0 Å². The van der Waals surface area contributed by atoms with E-state index in [-0.39, 0.29) is 6.54 Å². The number of methoxy groups -OCH3 is 1. The molecule has 0 fully saturated rings. The maximum absolute atomic E-state index is 10.8. The molecule has 6 nitrogen and oxygen atoms in total. The van der Waals surface area contributed by atoms with Gasteiger partial charge in [0.2, 0.25) is 5.91 Å². The summed E-state index contributed by atoms with van der Waals surface area (Å²) in [5.41, 5.74) is 5.05. The number of rotatable bonds is 7. The third-order valence-electron chi connectivity index (χ3n) is 1.66. The van der Waals surface area contributed by atoms with Crippen LogP contribution in [0.25, 0.3) is 0 Å². The molecule has 82 valence electrons. The van der Waals surface area contributed by atoms with Crippen molar-refractivity contribution in [2.75, 3.05) is 20.3 Å². The third-order valence-corrected chi connectivity index (χ3v) is 1.66. The minimum Gasteiger partial charge on any atom is -0.480 e. The van der Waals surface area contributed by atoms with Crippen molar-refractivity contribution < 1.29 is 19.4 Å². The van der Waals surface area contributed by atoms with Gasteiger partial charge in [-0.15, -0.1) is 0 Å². The van der Waals surface area contributed by atoms with Gasteiger partial charge in [-0.25, -0.2) is 4.79 Å². The van der Waals surface area contributed by atoms with Crippen LogP contribution < -0.4 is 11.1 Å². The molecule has 0 spiro atoms. The number of nitrogens with two attached hydrogens (primary N) is 1. The number of ether oxygens (including phenoxy) is 1. The normalized spacial score (nSPS) is 12.1. The van der Waals surface area contributed by atoms with Gasteiger partial charge >= 0.3 is 5.97 Å². The summed E-state index contributed by atoms with van der Waals surface area (Å²) in [6.45, 7) is 0.274. The quantitative estimate of drug-likeness (QED) is 0.459. The Morgan fingerprint density at radius 3 is 2.64 bits per heavy atom. The number of carboxylic acid groups (broad SMARTS) is 1. The number of carbonyl (C=O) groups is 2. The van der Waals surface area contributed by atoms with E-state index in [1.54, 1.807) is 0 Å². The molecule has 4 N–H and O–H groups in total. The molecule has 0 saturated heterocycles. The topological polar surface area (TPSA) is 102 Å². The smallest absolute Gasteiger partial charge is 0.326 e. The molecular formula is C8H16N2O4. The van der Waals surface area contributed by atoms with Gasteiger partial charge in [0.15, 0.2) is 0 Å². The van der Waals surface area contributed by atoms with E-state index in [1.165, 1.54) is 7.11 Å². The van der Waals surface area contributed by atoms with Gasteiger partial charge in [-0.05, 0) is 12.8 Å². The molecule has 0 radical (unpaired) electrons. The Morgan fingerprint density at radius 2 is 2.21 bits per heavy atom. The third kappa shape index (κ3) is 5.50. The second-order valence-corrected chi connectivity index (χ2v) is 2.80. The molecule has 1 atom stereocenters. The molecule has 0 heterocycles. The summed E-state index contributed by atoms with van der Waals surface area (Å²) in [7, 11) is 1.54. The maximum Gasteiger partial charge on any atom is 0.326 e. The number of carboxylic acids is 1. The molecule has 1 unspecified atom stereocenters. The molecule has 0 aromatic rings. The molecule has 6 heteroatoms. The largest absolute Gasteiger partial charge is 0.480 e. The summed E-state index contributed by atoms with van der Waals surface area (Å²) in [6, 6.07) is -0.874. The monoisotopic (exact) mass is 204 g/mol. The molecule has 0 saturated carbocycles. The predicted octanol–water partition coefficient (Wildman–Crippen LogP) is -1.06. The van der Waals surface area contributed by atoms with Crippen molar-refractivity contribution in [1.29, 1.82) is 0 Å². The van der Waals surface area contributed by atoms with Crippen molar-refractivity contribution in [3.05, 3.63) is 0 Å². The van der Waals surface area contributed by atoms with E-state index in [2.05, 4.69) is 5.32 Å². The molecule has 14 heavy (non-hydrogen) atoms. The lowest BCUT2D eigenvalue weighted by molar-refractivity contribution is -0.141. The number of aliphatic carboxylic acids is 1. The van der Waals surface area contributed by atoms with E-state index in [9.17, 15) is 9.59 Å². The van der Waals surface area contributed by atoms with Crippen LogP contribution in [0, 0.1) is 0 Å².